The maximum atomic E-state index is 12.2. The molecule has 162 valence electrons. The Morgan fingerprint density at radius 2 is 2.11 bits per heavy atom. The van der Waals surface area contributed by atoms with Crippen LogP contribution in [0.25, 0.3) is 0 Å². The van der Waals surface area contributed by atoms with Gasteiger partial charge in [-0.1, -0.05) is 13.0 Å². The van der Waals surface area contributed by atoms with Gasteiger partial charge in [0.05, 0.1) is 18.4 Å². The Balaban J connectivity index is 0.00000392. The third kappa shape index (κ3) is 8.52. The minimum Gasteiger partial charge on any atom is -0.390 e. The minimum absolute atomic E-state index is 0. The largest absolute Gasteiger partial charge is 0.390 e. The van der Waals surface area contributed by atoms with Gasteiger partial charge in [0.1, 0.15) is 4.21 Å². The van der Waals surface area contributed by atoms with Gasteiger partial charge in [-0.15, -0.1) is 35.3 Å². The van der Waals surface area contributed by atoms with Crippen molar-refractivity contribution in [2.45, 2.75) is 49.5 Å². The Bertz CT molecular complexity index is 675. The smallest absolute Gasteiger partial charge is 0.191 e. The number of sulfone groups is 1. The Morgan fingerprint density at radius 1 is 1.39 bits per heavy atom. The zero-order chi connectivity index (χ0) is 19.7. The summed E-state index contributed by atoms with van der Waals surface area (Å²) in [6.07, 6.45) is 2.26. The zero-order valence-corrected chi connectivity index (χ0v) is 20.6. The molecule has 0 amide bonds. The molecular formula is C18H33IN4O3S2. The van der Waals surface area contributed by atoms with Crippen LogP contribution in [0.1, 0.15) is 33.1 Å². The second-order valence-electron chi connectivity index (χ2n) is 6.85. The average Bonchev–Trinajstić information content (AvgIpc) is 3.17. The molecule has 0 bridgehead atoms. The van der Waals surface area contributed by atoms with E-state index in [0.717, 1.165) is 32.5 Å². The van der Waals surface area contributed by atoms with Gasteiger partial charge in [-0.05, 0) is 44.2 Å². The van der Waals surface area contributed by atoms with Crippen LogP contribution in [0.2, 0.25) is 0 Å². The number of guanidine groups is 1. The summed E-state index contributed by atoms with van der Waals surface area (Å²) < 4.78 is 24.8. The number of piperidine rings is 1. The van der Waals surface area contributed by atoms with Crippen molar-refractivity contribution in [1.82, 2.24) is 15.5 Å². The van der Waals surface area contributed by atoms with Gasteiger partial charge in [0, 0.05) is 25.7 Å². The first kappa shape index (κ1) is 25.6. The quantitative estimate of drug-likeness (QED) is 0.250. The first-order valence-electron chi connectivity index (χ1n) is 9.66. The molecule has 0 saturated carbocycles. The van der Waals surface area contributed by atoms with Crippen LogP contribution in [0.15, 0.2) is 26.7 Å². The second kappa shape index (κ2) is 13.0. The molecule has 10 heteroatoms. The van der Waals surface area contributed by atoms with Crippen LogP contribution in [0.3, 0.4) is 0 Å². The van der Waals surface area contributed by atoms with E-state index in [1.165, 1.54) is 17.8 Å². The van der Waals surface area contributed by atoms with E-state index in [0.29, 0.717) is 18.5 Å². The molecule has 1 unspecified atom stereocenters. The van der Waals surface area contributed by atoms with Gasteiger partial charge in [0.15, 0.2) is 15.8 Å². The second-order valence-corrected chi connectivity index (χ2v) is 10.1. The van der Waals surface area contributed by atoms with Crippen molar-refractivity contribution in [3.8, 4) is 0 Å². The SMILES string of the molecule is CCCN1CCC(NC(=NCC(O)CS(=O)(=O)c2cccs2)NCC)CC1.I. The lowest BCUT2D eigenvalue weighted by Crippen LogP contribution is -2.49. The highest BCUT2D eigenvalue weighted by atomic mass is 127. The number of halogens is 1. The molecule has 1 aromatic heterocycles. The summed E-state index contributed by atoms with van der Waals surface area (Å²) in [4.78, 5) is 6.87. The van der Waals surface area contributed by atoms with Crippen LogP contribution in [0.4, 0.5) is 0 Å². The summed E-state index contributed by atoms with van der Waals surface area (Å²) >= 11 is 1.17. The number of nitrogens with zero attached hydrogens (tertiary/aromatic N) is 2. The summed E-state index contributed by atoms with van der Waals surface area (Å²) in [5.74, 6) is 0.324. The van der Waals surface area contributed by atoms with Crippen molar-refractivity contribution in [2.24, 2.45) is 4.99 Å². The highest BCUT2D eigenvalue weighted by Crippen LogP contribution is 2.18. The van der Waals surface area contributed by atoms with Gasteiger partial charge in [-0.3, -0.25) is 4.99 Å². The predicted molar refractivity (Wildman–Crippen MR) is 127 cm³/mol. The van der Waals surface area contributed by atoms with Gasteiger partial charge in [-0.25, -0.2) is 8.42 Å². The summed E-state index contributed by atoms with van der Waals surface area (Å²) in [5, 5.41) is 18.5. The van der Waals surface area contributed by atoms with Crippen molar-refractivity contribution in [2.75, 3.05) is 38.5 Å². The molecule has 28 heavy (non-hydrogen) atoms. The zero-order valence-electron chi connectivity index (χ0n) is 16.6. The first-order valence-corrected chi connectivity index (χ1v) is 12.2. The van der Waals surface area contributed by atoms with Gasteiger partial charge in [0.2, 0.25) is 0 Å². The lowest BCUT2D eigenvalue weighted by molar-refractivity contribution is 0.203. The molecule has 1 saturated heterocycles. The summed E-state index contributed by atoms with van der Waals surface area (Å²) in [6.45, 7) is 8.24. The van der Waals surface area contributed by atoms with Crippen LogP contribution in [0, 0.1) is 0 Å². The van der Waals surface area contributed by atoms with Crippen molar-refractivity contribution < 1.29 is 13.5 Å². The predicted octanol–water partition coefficient (Wildman–Crippen LogP) is 1.93. The number of rotatable bonds is 9. The number of hydrogen-bond acceptors (Lipinski definition) is 6. The van der Waals surface area contributed by atoms with Crippen LogP contribution in [-0.4, -0.2) is 75.0 Å². The molecule has 7 nitrogen and oxygen atoms in total. The molecule has 1 atom stereocenters. The Morgan fingerprint density at radius 3 is 2.68 bits per heavy atom. The van der Waals surface area contributed by atoms with Crippen molar-refractivity contribution >= 4 is 51.1 Å². The average molecular weight is 545 g/mol. The summed E-state index contributed by atoms with van der Waals surface area (Å²) in [5.41, 5.74) is 0. The number of aliphatic imine (C=N–C) groups is 1. The number of thiophene rings is 1. The lowest BCUT2D eigenvalue weighted by Gasteiger charge is -2.32. The Hall–Kier alpha value is -0.430. The van der Waals surface area contributed by atoms with E-state index < -0.39 is 15.9 Å². The molecule has 1 aliphatic heterocycles. The fraction of sp³-hybridized carbons (Fsp3) is 0.722. The van der Waals surface area contributed by atoms with E-state index in [1.807, 2.05) is 6.92 Å². The van der Waals surface area contributed by atoms with E-state index in [-0.39, 0.29) is 40.5 Å². The molecule has 1 aromatic rings. The first-order chi connectivity index (χ1) is 12.9. The fourth-order valence-electron chi connectivity index (χ4n) is 3.16. The molecule has 0 aromatic carbocycles. The lowest BCUT2D eigenvalue weighted by atomic mass is 10.1. The molecule has 1 fully saturated rings. The molecule has 0 spiro atoms. The summed E-state index contributed by atoms with van der Waals surface area (Å²) in [7, 11) is -3.46. The Kier molecular flexibility index (Phi) is 11.9. The molecule has 3 N–H and O–H groups in total. The number of nitrogens with one attached hydrogen (secondary N) is 2. The normalized spacial score (nSPS) is 17.8. The fourth-order valence-corrected chi connectivity index (χ4v) is 5.62. The summed E-state index contributed by atoms with van der Waals surface area (Å²) in [6, 6.07) is 3.61. The van der Waals surface area contributed by atoms with Gasteiger partial charge in [0.25, 0.3) is 0 Å². The maximum Gasteiger partial charge on any atom is 0.191 e. The van der Waals surface area contributed by atoms with E-state index in [1.54, 1.807) is 17.5 Å². The Labute approximate surface area is 189 Å². The van der Waals surface area contributed by atoms with E-state index >= 15 is 0 Å². The third-order valence-corrected chi connectivity index (χ3v) is 7.77. The van der Waals surface area contributed by atoms with Crippen LogP contribution >= 0.6 is 35.3 Å². The van der Waals surface area contributed by atoms with Crippen molar-refractivity contribution in [3.63, 3.8) is 0 Å². The highest BCUT2D eigenvalue weighted by molar-refractivity contribution is 14.0. The third-order valence-electron chi connectivity index (χ3n) is 4.49. The maximum absolute atomic E-state index is 12.2. The van der Waals surface area contributed by atoms with E-state index in [9.17, 15) is 13.5 Å². The van der Waals surface area contributed by atoms with Gasteiger partial charge < -0.3 is 20.6 Å². The van der Waals surface area contributed by atoms with Gasteiger partial charge >= 0.3 is 0 Å². The van der Waals surface area contributed by atoms with Crippen LogP contribution in [0.5, 0.6) is 0 Å². The monoisotopic (exact) mass is 544 g/mol. The van der Waals surface area contributed by atoms with Gasteiger partial charge in [-0.2, -0.15) is 0 Å². The van der Waals surface area contributed by atoms with Crippen molar-refractivity contribution in [1.29, 1.82) is 0 Å². The molecule has 2 rings (SSSR count). The molecule has 0 radical (unpaired) electrons. The number of aliphatic hydroxyl groups excluding tert-OH is 1. The van der Waals surface area contributed by atoms with Crippen LogP contribution < -0.4 is 10.6 Å². The number of likely N-dealkylation sites (tertiary alicyclic amines) is 1. The van der Waals surface area contributed by atoms with Crippen molar-refractivity contribution in [3.05, 3.63) is 17.5 Å². The topological polar surface area (TPSA) is 94.0 Å². The molecule has 2 heterocycles. The van der Waals surface area contributed by atoms with E-state index in [2.05, 4.69) is 27.4 Å². The molecular weight excluding hydrogens is 511 g/mol. The van der Waals surface area contributed by atoms with Crippen LogP contribution in [-0.2, 0) is 9.84 Å². The highest BCUT2D eigenvalue weighted by Gasteiger charge is 2.22. The standard InChI is InChI=1S/C18H32N4O3S2.HI/c1-3-9-22-10-7-15(8-11-22)21-18(19-4-2)20-13-16(23)14-27(24,25)17-6-5-12-26-17;/h5-6,12,15-16,23H,3-4,7-11,13-14H2,1-2H3,(H2,19,20,21);1H. The number of hydrogen-bond donors (Lipinski definition) is 3. The number of aliphatic hydroxyl groups is 1. The van der Waals surface area contributed by atoms with E-state index in [4.69, 9.17) is 0 Å². The molecule has 1 aliphatic rings. The molecule has 0 aliphatic carbocycles. The minimum atomic E-state index is -3.46.